The molecule has 2 aliphatic heterocycles. The van der Waals surface area contributed by atoms with Crippen molar-refractivity contribution in [3.63, 3.8) is 0 Å². The van der Waals surface area contributed by atoms with Crippen molar-refractivity contribution in [1.82, 2.24) is 24.3 Å². The van der Waals surface area contributed by atoms with E-state index in [2.05, 4.69) is 9.97 Å². The van der Waals surface area contributed by atoms with Crippen molar-refractivity contribution in [2.24, 2.45) is 5.41 Å². The molecule has 0 bridgehead atoms. The first kappa shape index (κ1) is 19.6. The van der Waals surface area contributed by atoms with Crippen LogP contribution >= 0.6 is 0 Å². The fourth-order valence-corrected chi connectivity index (χ4v) is 4.59. The number of rotatable bonds is 5. The van der Waals surface area contributed by atoms with Crippen LogP contribution in [0.2, 0.25) is 0 Å². The van der Waals surface area contributed by atoms with Gasteiger partial charge in [-0.25, -0.2) is 4.98 Å². The van der Waals surface area contributed by atoms with Crippen molar-refractivity contribution >= 4 is 11.8 Å². The van der Waals surface area contributed by atoms with E-state index < -0.39 is 0 Å². The number of nitrogens with zero attached hydrogens (tertiary/aromatic N) is 5. The number of carbonyl (C=O) groups excluding carboxylic acids is 2. The molecule has 0 aliphatic carbocycles. The second kappa shape index (κ2) is 8.35. The number of hydrogen-bond acceptors (Lipinski definition) is 4. The first-order valence-corrected chi connectivity index (χ1v) is 10.5. The Morgan fingerprint density at radius 1 is 1.14 bits per heavy atom. The van der Waals surface area contributed by atoms with Crippen LogP contribution in [-0.4, -0.2) is 55.8 Å². The Morgan fingerprint density at radius 3 is 2.66 bits per heavy atom. The Bertz CT molecular complexity index is 855. The van der Waals surface area contributed by atoms with Crippen molar-refractivity contribution in [2.45, 2.75) is 52.1 Å². The zero-order valence-electron chi connectivity index (χ0n) is 17.1. The van der Waals surface area contributed by atoms with Gasteiger partial charge in [-0.1, -0.05) is 6.07 Å². The molecule has 2 saturated heterocycles. The smallest absolute Gasteiger partial charge is 0.224 e. The van der Waals surface area contributed by atoms with Gasteiger partial charge in [0.05, 0.1) is 12.2 Å². The summed E-state index contributed by atoms with van der Waals surface area (Å²) in [6.45, 7) is 5.56. The zero-order chi connectivity index (χ0) is 20.3. The average Bonchev–Trinajstić information content (AvgIpc) is 3.15. The van der Waals surface area contributed by atoms with Crippen molar-refractivity contribution in [2.75, 3.05) is 19.6 Å². The quantitative estimate of drug-likeness (QED) is 0.779. The van der Waals surface area contributed by atoms with E-state index in [1.807, 2.05) is 45.7 Å². The second-order valence-corrected chi connectivity index (χ2v) is 8.37. The largest absolute Gasteiger partial charge is 0.343 e. The summed E-state index contributed by atoms with van der Waals surface area (Å²) in [6.07, 6.45) is 9.43. The molecule has 0 atom stereocenters. The molecule has 2 amide bonds. The van der Waals surface area contributed by atoms with Crippen LogP contribution in [0.15, 0.2) is 36.8 Å². The van der Waals surface area contributed by atoms with Crippen molar-refractivity contribution in [3.8, 4) is 0 Å². The van der Waals surface area contributed by atoms with E-state index in [0.29, 0.717) is 25.9 Å². The van der Waals surface area contributed by atoms with Crippen LogP contribution in [0.25, 0.3) is 0 Å². The van der Waals surface area contributed by atoms with E-state index in [0.717, 1.165) is 50.4 Å². The molecule has 0 saturated carbocycles. The van der Waals surface area contributed by atoms with Gasteiger partial charge < -0.3 is 14.4 Å². The van der Waals surface area contributed by atoms with Crippen LogP contribution in [-0.2, 0) is 22.7 Å². The molecule has 154 valence electrons. The number of carbonyl (C=O) groups is 2. The molecule has 4 rings (SSSR count). The topological polar surface area (TPSA) is 71.3 Å². The highest BCUT2D eigenvalue weighted by Crippen LogP contribution is 2.40. The van der Waals surface area contributed by atoms with E-state index in [-0.39, 0.29) is 17.2 Å². The van der Waals surface area contributed by atoms with E-state index >= 15 is 0 Å². The number of amides is 2. The maximum Gasteiger partial charge on any atom is 0.224 e. The molecular formula is C22H29N5O2. The molecule has 7 heteroatoms. The molecule has 1 spiro atoms. The van der Waals surface area contributed by atoms with E-state index in [1.54, 1.807) is 12.4 Å². The number of hydrogen-bond donors (Lipinski definition) is 0. The Kier molecular flexibility index (Phi) is 5.65. The maximum atomic E-state index is 12.7. The van der Waals surface area contributed by atoms with Gasteiger partial charge in [0.1, 0.15) is 5.82 Å². The summed E-state index contributed by atoms with van der Waals surface area (Å²) in [7, 11) is 0. The summed E-state index contributed by atoms with van der Waals surface area (Å²) in [6, 6.07) is 5.82. The van der Waals surface area contributed by atoms with Crippen LogP contribution in [0.5, 0.6) is 0 Å². The summed E-state index contributed by atoms with van der Waals surface area (Å²) >= 11 is 0. The number of likely N-dealkylation sites (tertiary alicyclic amines) is 2. The minimum Gasteiger partial charge on any atom is -0.343 e. The Labute approximate surface area is 171 Å². The van der Waals surface area contributed by atoms with Gasteiger partial charge in [0.15, 0.2) is 0 Å². The molecule has 2 fully saturated rings. The van der Waals surface area contributed by atoms with E-state index in [1.165, 1.54) is 0 Å². The number of piperidine rings is 2. The molecule has 2 aromatic heterocycles. The number of pyridine rings is 1. The standard InChI is InChI=1S/C22H29N5O2/c1-18-23-11-15-25(18)12-6-21(29)26-13-8-22(9-14-26)7-5-20(28)27(17-22)16-19-4-2-3-10-24-19/h2-4,10-11,15H,5-9,12-14,16-17H2,1H3. The van der Waals surface area contributed by atoms with E-state index in [4.69, 9.17) is 0 Å². The summed E-state index contributed by atoms with van der Waals surface area (Å²) in [4.78, 5) is 37.6. The highest BCUT2D eigenvalue weighted by Gasteiger charge is 2.41. The lowest BCUT2D eigenvalue weighted by Crippen LogP contribution is -2.52. The van der Waals surface area contributed by atoms with Crippen LogP contribution in [0, 0.1) is 12.3 Å². The molecule has 4 heterocycles. The predicted molar refractivity (Wildman–Crippen MR) is 109 cm³/mol. The SMILES string of the molecule is Cc1nccn1CCC(=O)N1CCC2(CCC(=O)N(Cc3ccccn3)C2)CC1. The minimum atomic E-state index is 0.139. The maximum absolute atomic E-state index is 12.7. The van der Waals surface area contributed by atoms with Crippen LogP contribution in [0.4, 0.5) is 0 Å². The third-order valence-electron chi connectivity index (χ3n) is 6.49. The lowest BCUT2D eigenvalue weighted by Gasteiger charge is -2.47. The molecule has 29 heavy (non-hydrogen) atoms. The first-order chi connectivity index (χ1) is 14.0. The summed E-state index contributed by atoms with van der Waals surface area (Å²) in [5, 5.41) is 0. The molecule has 2 aliphatic rings. The molecule has 0 aromatic carbocycles. The predicted octanol–water partition coefficient (Wildman–Crippen LogP) is 2.41. The highest BCUT2D eigenvalue weighted by atomic mass is 16.2. The van der Waals surface area contributed by atoms with Crippen molar-refractivity contribution < 1.29 is 9.59 Å². The first-order valence-electron chi connectivity index (χ1n) is 10.5. The molecule has 7 nitrogen and oxygen atoms in total. The van der Waals surface area contributed by atoms with Gasteiger partial charge in [0.2, 0.25) is 11.8 Å². The fourth-order valence-electron chi connectivity index (χ4n) is 4.59. The van der Waals surface area contributed by atoms with Gasteiger partial charge >= 0.3 is 0 Å². The highest BCUT2D eigenvalue weighted by molar-refractivity contribution is 5.77. The average molecular weight is 396 g/mol. The number of imidazole rings is 1. The van der Waals surface area contributed by atoms with Crippen LogP contribution < -0.4 is 0 Å². The Morgan fingerprint density at radius 2 is 1.97 bits per heavy atom. The van der Waals surface area contributed by atoms with Crippen LogP contribution in [0.3, 0.4) is 0 Å². The lowest BCUT2D eigenvalue weighted by atomic mass is 9.72. The van der Waals surface area contributed by atoms with Crippen molar-refractivity contribution in [1.29, 1.82) is 0 Å². The summed E-state index contributed by atoms with van der Waals surface area (Å²) < 4.78 is 2.02. The monoisotopic (exact) mass is 395 g/mol. The molecule has 0 N–H and O–H groups in total. The van der Waals surface area contributed by atoms with Gasteiger partial charge in [-0.2, -0.15) is 0 Å². The third-order valence-corrected chi connectivity index (χ3v) is 6.49. The number of aryl methyl sites for hydroxylation is 2. The zero-order valence-corrected chi connectivity index (χ0v) is 17.1. The summed E-state index contributed by atoms with van der Waals surface area (Å²) in [5.74, 6) is 1.37. The third kappa shape index (κ3) is 4.49. The number of aromatic nitrogens is 3. The van der Waals surface area contributed by atoms with Gasteiger partial charge in [0.25, 0.3) is 0 Å². The minimum absolute atomic E-state index is 0.139. The van der Waals surface area contributed by atoms with Crippen LogP contribution in [0.1, 0.15) is 43.6 Å². The molecule has 0 unspecified atom stereocenters. The summed E-state index contributed by atoms with van der Waals surface area (Å²) in [5.41, 5.74) is 1.07. The van der Waals surface area contributed by atoms with Gasteiger partial charge in [-0.3, -0.25) is 14.6 Å². The van der Waals surface area contributed by atoms with Crippen molar-refractivity contribution in [3.05, 3.63) is 48.3 Å². The fraction of sp³-hybridized carbons (Fsp3) is 0.545. The second-order valence-electron chi connectivity index (χ2n) is 8.37. The Balaban J connectivity index is 1.31. The molecular weight excluding hydrogens is 366 g/mol. The van der Waals surface area contributed by atoms with Gasteiger partial charge in [-0.05, 0) is 43.7 Å². The normalized spacial score (nSPS) is 19.0. The Hall–Kier alpha value is -2.70. The lowest BCUT2D eigenvalue weighted by molar-refractivity contribution is -0.143. The van der Waals surface area contributed by atoms with Gasteiger partial charge in [0, 0.05) is 57.6 Å². The molecule has 0 radical (unpaired) electrons. The van der Waals surface area contributed by atoms with Gasteiger partial charge in [-0.15, -0.1) is 0 Å². The van der Waals surface area contributed by atoms with E-state index in [9.17, 15) is 9.59 Å². The molecule has 2 aromatic rings.